The van der Waals surface area contributed by atoms with Gasteiger partial charge in [-0.2, -0.15) is 18.4 Å². The summed E-state index contributed by atoms with van der Waals surface area (Å²) in [7, 11) is 0. The largest absolute Gasteiger partial charge is 0.416 e. The SMILES string of the molecule is N#CC1(c2cc(Nc3cc(C(F)(F)F)ccn3)nc(N3CC(F)C3)c2)CCNCC1. The van der Waals surface area contributed by atoms with Crippen molar-refractivity contribution in [2.24, 2.45) is 0 Å². The first-order chi connectivity index (χ1) is 14.3. The lowest BCUT2D eigenvalue weighted by Crippen LogP contribution is -2.49. The van der Waals surface area contributed by atoms with E-state index in [1.54, 1.807) is 17.0 Å². The van der Waals surface area contributed by atoms with Gasteiger partial charge in [0.2, 0.25) is 0 Å². The number of hydrogen-bond acceptors (Lipinski definition) is 6. The molecule has 0 aromatic carbocycles. The van der Waals surface area contributed by atoms with E-state index in [0.717, 1.165) is 18.3 Å². The average molecular weight is 420 g/mol. The highest BCUT2D eigenvalue weighted by molar-refractivity contribution is 5.60. The summed E-state index contributed by atoms with van der Waals surface area (Å²) in [6.07, 6.45) is -3.17. The van der Waals surface area contributed by atoms with Gasteiger partial charge in [0.05, 0.1) is 30.1 Å². The van der Waals surface area contributed by atoms with Crippen molar-refractivity contribution in [1.82, 2.24) is 15.3 Å². The van der Waals surface area contributed by atoms with Crippen LogP contribution in [0.1, 0.15) is 24.0 Å². The molecule has 2 aromatic rings. The summed E-state index contributed by atoms with van der Waals surface area (Å²) < 4.78 is 52.4. The van der Waals surface area contributed by atoms with Crippen LogP contribution in [0.4, 0.5) is 35.0 Å². The molecule has 0 radical (unpaired) electrons. The van der Waals surface area contributed by atoms with Crippen molar-refractivity contribution >= 4 is 17.5 Å². The molecule has 4 rings (SSSR count). The van der Waals surface area contributed by atoms with E-state index < -0.39 is 23.3 Å². The molecule has 30 heavy (non-hydrogen) atoms. The lowest BCUT2D eigenvalue weighted by molar-refractivity contribution is -0.137. The van der Waals surface area contributed by atoms with E-state index in [2.05, 4.69) is 26.7 Å². The molecule has 10 heteroatoms. The second kappa shape index (κ2) is 7.72. The van der Waals surface area contributed by atoms with Crippen LogP contribution in [0.25, 0.3) is 0 Å². The van der Waals surface area contributed by atoms with Gasteiger partial charge >= 0.3 is 6.18 Å². The minimum Gasteiger partial charge on any atom is -0.351 e. The van der Waals surface area contributed by atoms with Crippen molar-refractivity contribution in [3.05, 3.63) is 41.6 Å². The number of anilines is 3. The van der Waals surface area contributed by atoms with E-state index in [4.69, 9.17) is 0 Å². The fourth-order valence-corrected chi connectivity index (χ4v) is 3.76. The molecule has 2 saturated heterocycles. The number of pyridine rings is 2. The maximum absolute atomic E-state index is 13.4. The van der Waals surface area contributed by atoms with Crippen molar-refractivity contribution in [1.29, 1.82) is 5.26 Å². The highest BCUT2D eigenvalue weighted by Gasteiger charge is 2.36. The van der Waals surface area contributed by atoms with Crippen molar-refractivity contribution < 1.29 is 17.6 Å². The molecule has 0 spiro atoms. The highest BCUT2D eigenvalue weighted by atomic mass is 19.4. The third kappa shape index (κ3) is 4.03. The Bertz CT molecular complexity index is 958. The van der Waals surface area contributed by atoms with Gasteiger partial charge in [0.25, 0.3) is 0 Å². The van der Waals surface area contributed by atoms with Crippen molar-refractivity contribution in [2.75, 3.05) is 36.4 Å². The Morgan fingerprint density at radius 1 is 1.17 bits per heavy atom. The zero-order valence-electron chi connectivity index (χ0n) is 16.0. The molecule has 0 bridgehead atoms. The summed E-state index contributed by atoms with van der Waals surface area (Å²) in [5.41, 5.74) is -0.847. The number of piperidine rings is 1. The van der Waals surface area contributed by atoms with Crippen molar-refractivity contribution in [3.63, 3.8) is 0 Å². The Hall–Kier alpha value is -2.93. The number of hydrogen-bond donors (Lipinski definition) is 2. The van der Waals surface area contributed by atoms with Gasteiger partial charge in [0.1, 0.15) is 23.6 Å². The van der Waals surface area contributed by atoms with Gasteiger partial charge < -0.3 is 15.5 Å². The Kier molecular flexibility index (Phi) is 5.24. The van der Waals surface area contributed by atoms with Crippen LogP contribution in [0.2, 0.25) is 0 Å². The highest BCUT2D eigenvalue weighted by Crippen LogP contribution is 2.37. The van der Waals surface area contributed by atoms with Crippen molar-refractivity contribution in [2.45, 2.75) is 30.6 Å². The molecule has 2 aliphatic rings. The summed E-state index contributed by atoms with van der Waals surface area (Å²) in [6, 6.07) is 7.66. The third-order valence-electron chi connectivity index (χ3n) is 5.54. The Morgan fingerprint density at radius 3 is 2.53 bits per heavy atom. The summed E-state index contributed by atoms with van der Waals surface area (Å²) in [6.45, 7) is 1.75. The first kappa shape index (κ1) is 20.3. The van der Waals surface area contributed by atoms with E-state index in [0.29, 0.717) is 37.3 Å². The number of halogens is 4. The van der Waals surface area contributed by atoms with Crippen LogP contribution in [-0.2, 0) is 11.6 Å². The predicted molar refractivity (Wildman–Crippen MR) is 103 cm³/mol. The standard InChI is InChI=1S/C20H20F4N6/c21-15-10-30(11-15)18-9-14(19(12-25)2-5-26-6-3-19)8-17(29-18)28-16-7-13(1-4-27-16)20(22,23)24/h1,4,7-9,15,26H,2-3,5-6,10-11H2,(H,27,28,29). The maximum atomic E-state index is 13.4. The molecule has 2 aromatic heterocycles. The van der Waals surface area contributed by atoms with Gasteiger partial charge in [0, 0.05) is 6.20 Å². The fraction of sp³-hybridized carbons (Fsp3) is 0.450. The molecule has 6 nitrogen and oxygen atoms in total. The first-order valence-corrected chi connectivity index (χ1v) is 9.63. The van der Waals surface area contributed by atoms with Crippen LogP contribution < -0.4 is 15.5 Å². The van der Waals surface area contributed by atoms with Crippen LogP contribution in [0.5, 0.6) is 0 Å². The summed E-state index contributed by atoms with van der Waals surface area (Å²) in [5, 5.41) is 16.0. The second-order valence-corrected chi connectivity index (χ2v) is 7.60. The molecule has 2 fully saturated rings. The molecule has 0 atom stereocenters. The topological polar surface area (TPSA) is 76.9 Å². The summed E-state index contributed by atoms with van der Waals surface area (Å²) in [5.74, 6) is 0.748. The molecule has 4 heterocycles. The molecule has 0 unspecified atom stereocenters. The van der Waals surface area contributed by atoms with Crippen LogP contribution in [0, 0.1) is 11.3 Å². The van der Waals surface area contributed by atoms with Gasteiger partial charge in [0.15, 0.2) is 0 Å². The number of aromatic nitrogens is 2. The molecule has 2 N–H and O–H groups in total. The third-order valence-corrected chi connectivity index (χ3v) is 5.54. The van der Waals surface area contributed by atoms with Crippen LogP contribution in [0.15, 0.2) is 30.5 Å². The van der Waals surface area contributed by atoms with E-state index >= 15 is 0 Å². The molecule has 0 aliphatic carbocycles. The zero-order chi connectivity index (χ0) is 21.4. The Labute approximate surface area is 170 Å². The predicted octanol–water partition coefficient (Wildman–Crippen LogP) is 3.54. The second-order valence-electron chi connectivity index (χ2n) is 7.60. The lowest BCUT2D eigenvalue weighted by Gasteiger charge is -2.37. The Morgan fingerprint density at radius 2 is 1.90 bits per heavy atom. The smallest absolute Gasteiger partial charge is 0.351 e. The minimum atomic E-state index is -4.49. The van der Waals surface area contributed by atoms with Gasteiger partial charge in [-0.25, -0.2) is 14.4 Å². The number of nitriles is 1. The average Bonchev–Trinajstić information content (AvgIpc) is 2.71. The molecule has 158 valence electrons. The minimum absolute atomic E-state index is 0.0104. The van der Waals surface area contributed by atoms with E-state index in [-0.39, 0.29) is 24.7 Å². The quantitative estimate of drug-likeness (QED) is 0.737. The van der Waals surface area contributed by atoms with Crippen LogP contribution >= 0.6 is 0 Å². The summed E-state index contributed by atoms with van der Waals surface area (Å²) >= 11 is 0. The first-order valence-electron chi connectivity index (χ1n) is 9.63. The summed E-state index contributed by atoms with van der Waals surface area (Å²) in [4.78, 5) is 10.1. The maximum Gasteiger partial charge on any atom is 0.416 e. The normalized spacial score (nSPS) is 19.1. The van der Waals surface area contributed by atoms with E-state index in [1.165, 1.54) is 0 Å². The monoisotopic (exact) mass is 420 g/mol. The van der Waals surface area contributed by atoms with E-state index in [9.17, 15) is 22.8 Å². The van der Waals surface area contributed by atoms with Gasteiger partial charge in [-0.05, 0) is 55.8 Å². The fourth-order valence-electron chi connectivity index (χ4n) is 3.76. The molecular weight excluding hydrogens is 400 g/mol. The zero-order valence-corrected chi connectivity index (χ0v) is 16.0. The van der Waals surface area contributed by atoms with Crippen LogP contribution in [0.3, 0.4) is 0 Å². The molecule has 0 amide bonds. The molecular formula is C20H20F4N6. The number of alkyl halides is 4. The number of rotatable bonds is 4. The number of nitrogens with one attached hydrogen (secondary N) is 2. The van der Waals surface area contributed by atoms with Gasteiger partial charge in [-0.15, -0.1) is 0 Å². The van der Waals surface area contributed by atoms with Crippen LogP contribution in [-0.4, -0.2) is 42.3 Å². The number of nitrogens with zero attached hydrogens (tertiary/aromatic N) is 4. The Balaban J connectivity index is 1.71. The lowest BCUT2D eigenvalue weighted by atomic mass is 9.74. The van der Waals surface area contributed by atoms with Crippen molar-refractivity contribution in [3.8, 4) is 6.07 Å². The molecule has 0 saturated carbocycles. The van der Waals surface area contributed by atoms with E-state index in [1.807, 2.05) is 0 Å². The van der Waals surface area contributed by atoms with Gasteiger partial charge in [-0.1, -0.05) is 0 Å². The van der Waals surface area contributed by atoms with Gasteiger partial charge in [-0.3, -0.25) is 0 Å². The molecule has 2 aliphatic heterocycles.